The fourth-order valence-corrected chi connectivity index (χ4v) is 4.64. The number of carbonyl (C=O) groups excluding carboxylic acids is 2. The van der Waals surface area contributed by atoms with Crippen molar-refractivity contribution in [2.75, 3.05) is 46.5 Å². The van der Waals surface area contributed by atoms with Crippen LogP contribution < -0.4 is 14.7 Å². The number of Topliss-reactive ketones (excluding diaryl/α,β-unsaturated/α-hetero) is 1. The van der Waals surface area contributed by atoms with Gasteiger partial charge >= 0.3 is 0 Å². The molecule has 184 valence electrons. The number of methoxy groups -OCH3 is 1. The van der Waals surface area contributed by atoms with Gasteiger partial charge in [-0.05, 0) is 35.4 Å². The Morgan fingerprint density at radius 2 is 1.89 bits per heavy atom. The topological polar surface area (TPSA) is 126 Å². The molecule has 0 spiro atoms. The second kappa shape index (κ2) is 10.4. The highest BCUT2D eigenvalue weighted by Gasteiger charge is 2.44. The quantitative estimate of drug-likeness (QED) is 0.191. The van der Waals surface area contributed by atoms with Gasteiger partial charge in [0.05, 0.1) is 49.4 Å². The van der Waals surface area contributed by atoms with Crippen molar-refractivity contribution in [2.45, 2.75) is 6.04 Å². The molecule has 0 aliphatic carbocycles. The predicted molar refractivity (Wildman–Crippen MR) is 124 cm³/mol. The zero-order valence-corrected chi connectivity index (χ0v) is 19.7. The van der Waals surface area contributed by atoms with Crippen LogP contribution in [0.3, 0.4) is 0 Å². The Morgan fingerprint density at radius 3 is 2.49 bits per heavy atom. The smallest absolute Gasteiger partial charge is 0.295 e. The maximum atomic E-state index is 13.5. The third-order valence-corrected chi connectivity index (χ3v) is 6.56. The third-order valence-electron chi connectivity index (χ3n) is 6.27. The van der Waals surface area contributed by atoms with Crippen LogP contribution in [0.4, 0.5) is 5.69 Å². The van der Waals surface area contributed by atoms with Gasteiger partial charge in [0.1, 0.15) is 18.8 Å². The van der Waals surface area contributed by atoms with Crippen LogP contribution in [-0.4, -0.2) is 68.0 Å². The number of nitro groups is 1. The van der Waals surface area contributed by atoms with Crippen molar-refractivity contribution in [1.82, 2.24) is 4.90 Å². The number of likely N-dealkylation sites (tertiary alicyclic amines) is 1. The molecule has 11 heteroatoms. The summed E-state index contributed by atoms with van der Waals surface area (Å²) in [6.45, 7) is 3.59. The summed E-state index contributed by atoms with van der Waals surface area (Å²) in [5, 5.41) is 24.8. The van der Waals surface area contributed by atoms with E-state index in [1.54, 1.807) is 0 Å². The van der Waals surface area contributed by atoms with E-state index in [1.807, 2.05) is 0 Å². The van der Waals surface area contributed by atoms with Gasteiger partial charge in [-0.25, -0.2) is 0 Å². The molecule has 1 N–H and O–H groups in total. The van der Waals surface area contributed by atoms with Crippen molar-refractivity contribution in [2.24, 2.45) is 0 Å². The van der Waals surface area contributed by atoms with Gasteiger partial charge in [0.25, 0.3) is 11.6 Å². The molecule has 0 radical (unpaired) electrons. The van der Waals surface area contributed by atoms with Crippen LogP contribution in [-0.2, 0) is 14.3 Å². The number of hydrogen-bond donors (Lipinski definition) is 1. The Hall–Kier alpha value is -3.47. The van der Waals surface area contributed by atoms with Gasteiger partial charge in [-0.15, -0.1) is 0 Å². The fourth-order valence-electron chi connectivity index (χ4n) is 4.38. The molecule has 2 fully saturated rings. The first-order valence-electron chi connectivity index (χ1n) is 11.1. The highest BCUT2D eigenvalue weighted by molar-refractivity contribution is 6.46. The summed E-state index contributed by atoms with van der Waals surface area (Å²) in [5.74, 6) is -1.92. The van der Waals surface area contributed by atoms with Crippen molar-refractivity contribution in [1.29, 1.82) is 0 Å². The molecule has 0 saturated carbocycles. The largest absolute Gasteiger partial charge is 0.872 e. The molecule has 4 rings (SSSR count). The number of ketones is 1. The van der Waals surface area contributed by atoms with Crippen molar-refractivity contribution >= 4 is 34.7 Å². The molecule has 0 bridgehead atoms. The zero-order valence-electron chi connectivity index (χ0n) is 19.0. The van der Waals surface area contributed by atoms with E-state index in [-0.39, 0.29) is 28.4 Å². The van der Waals surface area contributed by atoms with E-state index >= 15 is 0 Å². The molecule has 2 aromatic rings. The number of non-ortho nitro benzene ring substituents is 1. The predicted octanol–water partition coefficient (Wildman–Crippen LogP) is 0.396. The standard InChI is InChI=1S/C24H24ClN3O7/c1-34-19-7-4-16(14-18(19)25)22(29)20-21(15-2-5-17(6-3-15)28(32)33)27(24(31)23(20)30)9-8-26-10-12-35-13-11-26/h2-7,14,21,29H,8-13H2,1H3. The molecule has 2 heterocycles. The molecule has 2 aliphatic heterocycles. The molecule has 2 aliphatic rings. The monoisotopic (exact) mass is 501 g/mol. The molecule has 0 aromatic heterocycles. The summed E-state index contributed by atoms with van der Waals surface area (Å²) in [6.07, 6.45) is 0. The summed E-state index contributed by atoms with van der Waals surface area (Å²) in [6, 6.07) is 8.93. The number of nitrogens with zero attached hydrogens (tertiary/aromatic N) is 2. The number of benzene rings is 2. The van der Waals surface area contributed by atoms with Crippen molar-refractivity contribution in [3.8, 4) is 5.75 Å². The lowest BCUT2D eigenvalue weighted by Gasteiger charge is -2.30. The van der Waals surface area contributed by atoms with E-state index in [0.717, 1.165) is 13.1 Å². The number of quaternary nitrogens is 1. The van der Waals surface area contributed by atoms with Crippen LogP contribution in [0, 0.1) is 10.1 Å². The van der Waals surface area contributed by atoms with Crippen LogP contribution >= 0.6 is 11.6 Å². The Balaban J connectivity index is 1.76. The average Bonchev–Trinajstić information content (AvgIpc) is 3.12. The first kappa shape index (κ1) is 24.6. The van der Waals surface area contributed by atoms with E-state index in [1.165, 1.54) is 59.4 Å². The number of morpholine rings is 1. The number of halogens is 1. The van der Waals surface area contributed by atoms with Crippen LogP contribution in [0.15, 0.2) is 48.0 Å². The Labute approximate surface area is 206 Å². The Bertz CT molecular complexity index is 1180. The van der Waals surface area contributed by atoms with Crippen LogP contribution in [0.25, 0.3) is 5.76 Å². The minimum atomic E-state index is -0.968. The first-order chi connectivity index (χ1) is 16.8. The lowest BCUT2D eigenvalue weighted by Crippen LogP contribution is -3.14. The van der Waals surface area contributed by atoms with Crippen molar-refractivity contribution < 1.29 is 34.0 Å². The lowest BCUT2D eigenvalue weighted by molar-refractivity contribution is -0.907. The highest BCUT2D eigenvalue weighted by atomic mass is 35.5. The summed E-state index contributed by atoms with van der Waals surface area (Å²) in [7, 11) is 1.44. The summed E-state index contributed by atoms with van der Waals surface area (Å²) in [4.78, 5) is 39.3. The maximum absolute atomic E-state index is 13.5. The van der Waals surface area contributed by atoms with E-state index in [4.69, 9.17) is 21.1 Å². The van der Waals surface area contributed by atoms with E-state index in [2.05, 4.69) is 0 Å². The number of nitrogens with one attached hydrogen (secondary N) is 1. The van der Waals surface area contributed by atoms with Crippen LogP contribution in [0.1, 0.15) is 17.2 Å². The fraction of sp³-hybridized carbons (Fsp3) is 0.333. The van der Waals surface area contributed by atoms with Gasteiger partial charge in [0.15, 0.2) is 0 Å². The molecule has 1 atom stereocenters. The molecule has 2 aromatic carbocycles. The molecule has 1 unspecified atom stereocenters. The third kappa shape index (κ3) is 5.00. The number of ether oxygens (including phenoxy) is 2. The highest BCUT2D eigenvalue weighted by Crippen LogP contribution is 2.39. The minimum absolute atomic E-state index is 0.136. The van der Waals surface area contributed by atoms with Gasteiger partial charge in [0.2, 0.25) is 5.78 Å². The Kier molecular flexibility index (Phi) is 7.34. The van der Waals surface area contributed by atoms with E-state index < -0.39 is 28.4 Å². The van der Waals surface area contributed by atoms with Gasteiger partial charge in [0, 0.05) is 17.7 Å². The van der Waals surface area contributed by atoms with Crippen molar-refractivity contribution in [3.05, 3.63) is 74.3 Å². The average molecular weight is 502 g/mol. The van der Waals surface area contributed by atoms with Gasteiger partial charge in [-0.1, -0.05) is 23.4 Å². The molecular weight excluding hydrogens is 478 g/mol. The second-order valence-electron chi connectivity index (χ2n) is 8.28. The minimum Gasteiger partial charge on any atom is -0.872 e. The molecule has 10 nitrogen and oxygen atoms in total. The second-order valence-corrected chi connectivity index (χ2v) is 8.69. The van der Waals surface area contributed by atoms with Gasteiger partial charge in [-0.2, -0.15) is 0 Å². The lowest BCUT2D eigenvalue weighted by atomic mass is 9.95. The molecule has 1 amide bonds. The van der Waals surface area contributed by atoms with E-state index in [9.17, 15) is 24.8 Å². The van der Waals surface area contributed by atoms with Gasteiger partial charge < -0.3 is 24.4 Å². The van der Waals surface area contributed by atoms with Gasteiger partial charge in [-0.3, -0.25) is 19.7 Å². The molecule has 35 heavy (non-hydrogen) atoms. The van der Waals surface area contributed by atoms with Crippen LogP contribution in [0.5, 0.6) is 5.75 Å². The Morgan fingerprint density at radius 1 is 1.20 bits per heavy atom. The number of rotatable bonds is 7. The molecular formula is C24H24ClN3O7. The maximum Gasteiger partial charge on any atom is 0.295 e. The van der Waals surface area contributed by atoms with E-state index in [0.29, 0.717) is 31.1 Å². The van der Waals surface area contributed by atoms with Crippen LogP contribution in [0.2, 0.25) is 5.02 Å². The normalized spacial score (nSPS) is 20.3. The number of amides is 1. The number of carbonyl (C=O) groups is 2. The number of hydrogen-bond acceptors (Lipinski definition) is 7. The number of nitro benzene ring substituents is 1. The SMILES string of the molecule is COc1ccc(C([O-])=C2C(=O)C(=O)N(CC[NH+]3CCOCC3)C2c2ccc([N+](=O)[O-])cc2)cc1Cl. The zero-order chi connectivity index (χ0) is 25.1. The summed E-state index contributed by atoms with van der Waals surface area (Å²) in [5.41, 5.74) is 0.236. The summed E-state index contributed by atoms with van der Waals surface area (Å²) >= 11 is 6.18. The summed E-state index contributed by atoms with van der Waals surface area (Å²) < 4.78 is 10.5. The first-order valence-corrected chi connectivity index (χ1v) is 11.5. The van der Waals surface area contributed by atoms with Crippen molar-refractivity contribution in [3.63, 3.8) is 0 Å². The molecule has 2 saturated heterocycles.